The number of para-hydroxylation sites is 2. The molecule has 1 saturated heterocycles. The third-order valence-corrected chi connectivity index (χ3v) is 5.47. The third-order valence-electron chi connectivity index (χ3n) is 5.47. The highest BCUT2D eigenvalue weighted by Crippen LogP contribution is 2.26. The monoisotopic (exact) mass is 349 g/mol. The Hall–Kier alpha value is -2.49. The van der Waals surface area contributed by atoms with Gasteiger partial charge in [0.05, 0.1) is 6.54 Å². The summed E-state index contributed by atoms with van der Waals surface area (Å²) in [5, 5.41) is 3.25. The van der Waals surface area contributed by atoms with Gasteiger partial charge in [0.15, 0.2) is 0 Å². The van der Waals surface area contributed by atoms with E-state index < -0.39 is 0 Å². The lowest BCUT2D eigenvalue weighted by molar-refractivity contribution is -0.120. The van der Waals surface area contributed by atoms with E-state index in [0.717, 1.165) is 38.9 Å². The molecule has 136 valence electrons. The van der Waals surface area contributed by atoms with Crippen LogP contribution in [0.15, 0.2) is 54.6 Å². The topological polar surface area (TPSA) is 35.6 Å². The van der Waals surface area contributed by atoms with E-state index in [4.69, 9.17) is 0 Å². The zero-order valence-corrected chi connectivity index (χ0v) is 15.2. The minimum atomic E-state index is 0.140. The smallest absolute Gasteiger partial charge is 0.239 e. The van der Waals surface area contributed by atoms with E-state index >= 15 is 0 Å². The van der Waals surface area contributed by atoms with Crippen LogP contribution in [0.1, 0.15) is 24.8 Å². The summed E-state index contributed by atoms with van der Waals surface area (Å²) < 4.78 is 0. The highest BCUT2D eigenvalue weighted by molar-refractivity contribution is 5.82. The van der Waals surface area contributed by atoms with Gasteiger partial charge in [0, 0.05) is 37.1 Å². The van der Waals surface area contributed by atoms with Gasteiger partial charge in [-0.25, -0.2) is 0 Å². The van der Waals surface area contributed by atoms with Gasteiger partial charge in [-0.3, -0.25) is 4.79 Å². The Labute approximate surface area is 155 Å². The van der Waals surface area contributed by atoms with Gasteiger partial charge in [-0.05, 0) is 49.4 Å². The Morgan fingerprint density at radius 2 is 1.81 bits per heavy atom. The number of carbonyl (C=O) groups is 1. The number of carbonyl (C=O) groups excluding carboxylic acids is 1. The van der Waals surface area contributed by atoms with Crippen LogP contribution in [0, 0.1) is 0 Å². The fourth-order valence-electron chi connectivity index (χ4n) is 4.13. The first-order chi connectivity index (χ1) is 12.8. The summed E-state index contributed by atoms with van der Waals surface area (Å²) in [6.07, 6.45) is 4.47. The lowest BCUT2D eigenvalue weighted by Gasteiger charge is -2.25. The number of fused-ring (bicyclic) bond motifs is 1. The minimum absolute atomic E-state index is 0.140. The van der Waals surface area contributed by atoms with Crippen molar-refractivity contribution in [3.63, 3.8) is 0 Å². The predicted octanol–water partition coefficient (Wildman–Crippen LogP) is 3.22. The van der Waals surface area contributed by atoms with Crippen molar-refractivity contribution in [3.05, 3.63) is 60.2 Å². The van der Waals surface area contributed by atoms with E-state index in [9.17, 15) is 4.79 Å². The number of amides is 1. The van der Waals surface area contributed by atoms with Crippen molar-refractivity contribution < 1.29 is 4.79 Å². The van der Waals surface area contributed by atoms with Crippen molar-refractivity contribution in [2.24, 2.45) is 0 Å². The highest BCUT2D eigenvalue weighted by Gasteiger charge is 2.25. The third kappa shape index (κ3) is 3.85. The molecule has 0 spiro atoms. The Morgan fingerprint density at radius 1 is 1.00 bits per heavy atom. The SMILES string of the molecule is O=C(CN1CCCCc2ccccc21)NC1CCN(c2ccccc2)C1. The fraction of sp³-hybridized carbons (Fsp3) is 0.409. The molecule has 0 radical (unpaired) electrons. The maximum Gasteiger partial charge on any atom is 0.239 e. The van der Waals surface area contributed by atoms with Crippen LogP contribution in [0.2, 0.25) is 0 Å². The van der Waals surface area contributed by atoms with E-state index in [2.05, 4.69) is 63.6 Å². The largest absolute Gasteiger partial charge is 0.369 e. The van der Waals surface area contributed by atoms with Crippen molar-refractivity contribution >= 4 is 17.3 Å². The molecule has 0 aliphatic carbocycles. The maximum atomic E-state index is 12.7. The first-order valence-corrected chi connectivity index (χ1v) is 9.72. The molecule has 2 aromatic carbocycles. The molecule has 0 aromatic heterocycles. The summed E-state index contributed by atoms with van der Waals surface area (Å²) >= 11 is 0. The number of aryl methyl sites for hydroxylation is 1. The van der Waals surface area contributed by atoms with Gasteiger partial charge in [-0.15, -0.1) is 0 Å². The van der Waals surface area contributed by atoms with Crippen LogP contribution in [-0.4, -0.2) is 38.1 Å². The van der Waals surface area contributed by atoms with E-state index in [1.165, 1.54) is 23.4 Å². The summed E-state index contributed by atoms with van der Waals surface area (Å²) in [5.74, 6) is 0.140. The summed E-state index contributed by atoms with van der Waals surface area (Å²) in [7, 11) is 0. The second kappa shape index (κ2) is 7.81. The van der Waals surface area contributed by atoms with Crippen LogP contribution in [0.3, 0.4) is 0 Å². The minimum Gasteiger partial charge on any atom is -0.369 e. The van der Waals surface area contributed by atoms with Crippen molar-refractivity contribution in [3.8, 4) is 0 Å². The molecular formula is C22H27N3O. The summed E-state index contributed by atoms with van der Waals surface area (Å²) in [4.78, 5) is 17.3. The number of anilines is 2. The van der Waals surface area contributed by atoms with Gasteiger partial charge in [-0.1, -0.05) is 36.4 Å². The first-order valence-electron chi connectivity index (χ1n) is 9.72. The number of nitrogens with one attached hydrogen (secondary N) is 1. The highest BCUT2D eigenvalue weighted by atomic mass is 16.2. The number of benzene rings is 2. The second-order valence-corrected chi connectivity index (χ2v) is 7.34. The summed E-state index contributed by atoms with van der Waals surface area (Å²) in [6, 6.07) is 19.2. The number of rotatable bonds is 4. The number of nitrogens with zero attached hydrogens (tertiary/aromatic N) is 2. The van der Waals surface area contributed by atoms with E-state index in [0.29, 0.717) is 6.54 Å². The van der Waals surface area contributed by atoms with Crippen molar-refractivity contribution in [1.29, 1.82) is 0 Å². The number of hydrogen-bond donors (Lipinski definition) is 1. The van der Waals surface area contributed by atoms with Crippen LogP contribution in [0.5, 0.6) is 0 Å². The molecule has 0 bridgehead atoms. The van der Waals surface area contributed by atoms with Crippen LogP contribution < -0.4 is 15.1 Å². The lowest BCUT2D eigenvalue weighted by atomic mass is 10.1. The van der Waals surface area contributed by atoms with Gasteiger partial charge >= 0.3 is 0 Å². The molecule has 1 N–H and O–H groups in total. The quantitative estimate of drug-likeness (QED) is 0.921. The van der Waals surface area contributed by atoms with Crippen LogP contribution in [0.4, 0.5) is 11.4 Å². The molecule has 2 aliphatic heterocycles. The van der Waals surface area contributed by atoms with Gasteiger partial charge in [-0.2, -0.15) is 0 Å². The van der Waals surface area contributed by atoms with E-state index in [-0.39, 0.29) is 11.9 Å². The molecule has 1 amide bonds. The van der Waals surface area contributed by atoms with Crippen molar-refractivity contribution in [2.75, 3.05) is 36.0 Å². The molecule has 2 aromatic rings. The average molecular weight is 349 g/mol. The molecule has 1 atom stereocenters. The Morgan fingerprint density at radius 3 is 2.69 bits per heavy atom. The predicted molar refractivity (Wildman–Crippen MR) is 107 cm³/mol. The Balaban J connectivity index is 1.35. The van der Waals surface area contributed by atoms with Crippen LogP contribution >= 0.6 is 0 Å². The van der Waals surface area contributed by atoms with Gasteiger partial charge in [0.1, 0.15) is 0 Å². The van der Waals surface area contributed by atoms with Crippen LogP contribution in [0.25, 0.3) is 0 Å². The molecule has 26 heavy (non-hydrogen) atoms. The molecule has 4 heteroatoms. The Bertz CT molecular complexity index is 746. The standard InChI is InChI=1S/C22H27N3O/c26-22(17-25-14-7-6-9-18-8-4-5-12-21(18)25)23-19-13-15-24(16-19)20-10-2-1-3-11-20/h1-5,8,10-12,19H,6-7,9,13-17H2,(H,23,26). The molecule has 1 unspecified atom stereocenters. The molecule has 4 rings (SSSR count). The zero-order chi connectivity index (χ0) is 17.8. The molecule has 2 heterocycles. The zero-order valence-electron chi connectivity index (χ0n) is 15.2. The summed E-state index contributed by atoms with van der Waals surface area (Å²) in [5.41, 5.74) is 3.84. The first kappa shape index (κ1) is 17.0. The van der Waals surface area contributed by atoms with Gasteiger partial charge in [0.2, 0.25) is 5.91 Å². The Kier molecular flexibility index (Phi) is 5.09. The lowest BCUT2D eigenvalue weighted by Crippen LogP contribution is -2.43. The molecule has 1 fully saturated rings. The van der Waals surface area contributed by atoms with Gasteiger partial charge < -0.3 is 15.1 Å². The van der Waals surface area contributed by atoms with E-state index in [1.807, 2.05) is 6.07 Å². The number of hydrogen-bond acceptors (Lipinski definition) is 3. The molecule has 2 aliphatic rings. The fourth-order valence-corrected chi connectivity index (χ4v) is 4.13. The second-order valence-electron chi connectivity index (χ2n) is 7.34. The molecule has 0 saturated carbocycles. The van der Waals surface area contributed by atoms with Gasteiger partial charge in [0.25, 0.3) is 0 Å². The normalized spacial score (nSPS) is 19.8. The van der Waals surface area contributed by atoms with Crippen molar-refractivity contribution in [1.82, 2.24) is 5.32 Å². The average Bonchev–Trinajstić information content (AvgIpc) is 3.04. The molecule has 4 nitrogen and oxygen atoms in total. The maximum absolute atomic E-state index is 12.7. The van der Waals surface area contributed by atoms with Crippen molar-refractivity contribution in [2.45, 2.75) is 31.7 Å². The van der Waals surface area contributed by atoms with E-state index in [1.54, 1.807) is 0 Å². The summed E-state index contributed by atoms with van der Waals surface area (Å²) in [6.45, 7) is 3.32. The van der Waals surface area contributed by atoms with Crippen LogP contribution in [-0.2, 0) is 11.2 Å². The molecular weight excluding hydrogens is 322 g/mol.